The van der Waals surface area contributed by atoms with Gasteiger partial charge in [0.15, 0.2) is 11.5 Å². The number of nitrogens with one attached hydrogen (secondary N) is 1. The van der Waals surface area contributed by atoms with E-state index in [4.69, 9.17) is 14.2 Å². The first kappa shape index (κ1) is 20.2. The summed E-state index contributed by atoms with van der Waals surface area (Å²) < 4.78 is 17.0. The highest BCUT2D eigenvalue weighted by atomic mass is 16.5. The Morgan fingerprint density at radius 2 is 2.07 bits per heavy atom. The number of carbonyl (C=O) groups is 1. The molecule has 0 aliphatic carbocycles. The molecular weight excluding hydrogens is 380 g/mol. The van der Waals surface area contributed by atoms with Crippen LogP contribution in [0.3, 0.4) is 0 Å². The van der Waals surface area contributed by atoms with Crippen molar-refractivity contribution in [3.8, 4) is 11.5 Å². The summed E-state index contributed by atoms with van der Waals surface area (Å²) in [4.78, 5) is 17.3. The van der Waals surface area contributed by atoms with Crippen molar-refractivity contribution in [2.75, 3.05) is 20.3 Å². The van der Waals surface area contributed by atoms with Gasteiger partial charge in [0.2, 0.25) is 0 Å². The number of rotatable bonds is 7. The van der Waals surface area contributed by atoms with Gasteiger partial charge in [-0.25, -0.2) is 0 Å². The van der Waals surface area contributed by atoms with E-state index >= 15 is 0 Å². The minimum absolute atomic E-state index is 0.130. The van der Waals surface area contributed by atoms with Crippen LogP contribution in [0.25, 0.3) is 10.9 Å². The Bertz CT molecular complexity index is 1040. The number of benzene rings is 2. The van der Waals surface area contributed by atoms with Crippen LogP contribution >= 0.6 is 0 Å². The molecule has 4 rings (SSSR count). The normalized spacial score (nSPS) is 15.9. The molecule has 3 aromatic rings. The Morgan fingerprint density at radius 3 is 2.87 bits per heavy atom. The average molecular weight is 406 g/mol. The highest BCUT2D eigenvalue weighted by Gasteiger charge is 2.17. The van der Waals surface area contributed by atoms with Gasteiger partial charge in [-0.2, -0.15) is 0 Å². The highest BCUT2D eigenvalue weighted by Crippen LogP contribution is 2.29. The molecule has 1 fully saturated rings. The van der Waals surface area contributed by atoms with Gasteiger partial charge in [0, 0.05) is 24.2 Å². The highest BCUT2D eigenvalue weighted by molar-refractivity contribution is 6.06. The second-order valence-corrected chi connectivity index (χ2v) is 7.44. The number of fused-ring (bicyclic) bond motifs is 1. The van der Waals surface area contributed by atoms with E-state index < -0.39 is 0 Å². The molecule has 0 bridgehead atoms. The zero-order chi connectivity index (χ0) is 20.9. The molecule has 1 aliphatic heterocycles. The van der Waals surface area contributed by atoms with Crippen LogP contribution in [0.1, 0.15) is 34.5 Å². The number of hydrogen-bond donors (Lipinski definition) is 1. The van der Waals surface area contributed by atoms with Crippen molar-refractivity contribution >= 4 is 16.8 Å². The molecule has 0 spiro atoms. The summed E-state index contributed by atoms with van der Waals surface area (Å²) in [6.07, 6.45) is 2.25. The van der Waals surface area contributed by atoms with E-state index in [1.807, 2.05) is 55.5 Å². The molecule has 1 saturated heterocycles. The SMILES string of the molecule is COc1cc(CNC(=O)c2cc(C)nc3ccccc23)ccc1OCC1CCCO1. The van der Waals surface area contributed by atoms with Gasteiger partial charge < -0.3 is 19.5 Å². The van der Waals surface area contributed by atoms with E-state index in [2.05, 4.69) is 10.3 Å². The van der Waals surface area contributed by atoms with Gasteiger partial charge in [0.1, 0.15) is 6.61 Å². The quantitative estimate of drug-likeness (QED) is 0.641. The van der Waals surface area contributed by atoms with Crippen molar-refractivity contribution in [1.82, 2.24) is 10.3 Å². The second-order valence-electron chi connectivity index (χ2n) is 7.44. The van der Waals surface area contributed by atoms with Crippen molar-refractivity contribution in [3.63, 3.8) is 0 Å². The third-order valence-electron chi connectivity index (χ3n) is 5.22. The summed E-state index contributed by atoms with van der Waals surface area (Å²) in [7, 11) is 1.61. The van der Waals surface area contributed by atoms with Gasteiger partial charge in [-0.05, 0) is 49.6 Å². The van der Waals surface area contributed by atoms with E-state index in [9.17, 15) is 4.79 Å². The Labute approximate surface area is 176 Å². The van der Waals surface area contributed by atoms with E-state index in [0.29, 0.717) is 30.2 Å². The van der Waals surface area contributed by atoms with Gasteiger partial charge in [0.25, 0.3) is 5.91 Å². The first-order chi connectivity index (χ1) is 14.6. The fourth-order valence-electron chi connectivity index (χ4n) is 3.67. The summed E-state index contributed by atoms with van der Waals surface area (Å²) in [5.41, 5.74) is 3.19. The first-order valence-electron chi connectivity index (χ1n) is 10.2. The van der Waals surface area contributed by atoms with Gasteiger partial charge in [-0.15, -0.1) is 0 Å². The fraction of sp³-hybridized carbons (Fsp3) is 0.333. The second kappa shape index (κ2) is 9.13. The molecule has 0 saturated carbocycles. The molecule has 30 heavy (non-hydrogen) atoms. The van der Waals surface area contributed by atoms with Gasteiger partial charge in [0.05, 0.1) is 24.3 Å². The van der Waals surface area contributed by atoms with Crippen LogP contribution in [0.2, 0.25) is 0 Å². The largest absolute Gasteiger partial charge is 0.493 e. The number of nitrogens with zero attached hydrogens (tertiary/aromatic N) is 1. The molecule has 2 aromatic carbocycles. The topological polar surface area (TPSA) is 69.7 Å². The molecule has 1 amide bonds. The van der Waals surface area contributed by atoms with Gasteiger partial charge in [-0.3, -0.25) is 9.78 Å². The Morgan fingerprint density at radius 1 is 1.20 bits per heavy atom. The lowest BCUT2D eigenvalue weighted by atomic mass is 10.1. The number of methoxy groups -OCH3 is 1. The number of ether oxygens (including phenoxy) is 3. The molecule has 1 N–H and O–H groups in total. The Hall–Kier alpha value is -3.12. The van der Waals surface area contributed by atoms with Crippen molar-refractivity contribution in [3.05, 3.63) is 65.4 Å². The van der Waals surface area contributed by atoms with E-state index in [1.165, 1.54) is 0 Å². The number of aromatic nitrogens is 1. The van der Waals surface area contributed by atoms with Crippen LogP contribution in [0.5, 0.6) is 11.5 Å². The first-order valence-corrected chi connectivity index (χ1v) is 10.2. The third-order valence-corrected chi connectivity index (χ3v) is 5.22. The van der Waals surface area contributed by atoms with Crippen LogP contribution < -0.4 is 14.8 Å². The van der Waals surface area contributed by atoms with Crippen LogP contribution in [0.15, 0.2) is 48.5 Å². The van der Waals surface area contributed by atoms with Crippen molar-refractivity contribution < 1.29 is 19.0 Å². The lowest BCUT2D eigenvalue weighted by Crippen LogP contribution is -2.23. The van der Waals surface area contributed by atoms with Crippen molar-refractivity contribution in [2.24, 2.45) is 0 Å². The molecule has 2 heterocycles. The van der Waals surface area contributed by atoms with E-state index in [0.717, 1.165) is 41.6 Å². The maximum absolute atomic E-state index is 12.8. The van der Waals surface area contributed by atoms with Crippen LogP contribution in [-0.4, -0.2) is 37.3 Å². The lowest BCUT2D eigenvalue weighted by molar-refractivity contribution is 0.0669. The molecule has 1 aliphatic rings. The third kappa shape index (κ3) is 4.54. The molecule has 6 heteroatoms. The number of carbonyl (C=O) groups excluding carboxylic acids is 1. The molecular formula is C24H26N2O4. The predicted molar refractivity (Wildman–Crippen MR) is 115 cm³/mol. The Balaban J connectivity index is 1.44. The minimum Gasteiger partial charge on any atom is -0.493 e. The summed E-state index contributed by atoms with van der Waals surface area (Å²) in [5.74, 6) is 1.19. The number of pyridine rings is 1. The van der Waals surface area contributed by atoms with E-state index in [-0.39, 0.29) is 12.0 Å². The molecule has 6 nitrogen and oxygen atoms in total. The minimum atomic E-state index is -0.130. The zero-order valence-corrected chi connectivity index (χ0v) is 17.3. The zero-order valence-electron chi connectivity index (χ0n) is 17.3. The Kier molecular flexibility index (Phi) is 6.14. The molecule has 1 aromatic heterocycles. The van der Waals surface area contributed by atoms with Crippen molar-refractivity contribution in [2.45, 2.75) is 32.4 Å². The summed E-state index contributed by atoms with van der Waals surface area (Å²) in [6, 6.07) is 15.2. The monoisotopic (exact) mass is 406 g/mol. The van der Waals surface area contributed by atoms with Crippen LogP contribution in [0.4, 0.5) is 0 Å². The standard InChI is InChI=1S/C24H26N2O4/c1-16-12-20(19-7-3-4-8-21(19)26-16)24(27)25-14-17-9-10-22(23(13-17)28-2)30-15-18-6-5-11-29-18/h3-4,7-10,12-13,18H,5-6,11,14-15H2,1-2H3,(H,25,27). The van der Waals surface area contributed by atoms with Gasteiger partial charge >= 0.3 is 0 Å². The molecule has 1 atom stereocenters. The molecule has 0 radical (unpaired) electrons. The predicted octanol–water partition coefficient (Wildman–Crippen LogP) is 4.04. The van der Waals surface area contributed by atoms with E-state index in [1.54, 1.807) is 7.11 Å². The summed E-state index contributed by atoms with van der Waals surface area (Å²) >= 11 is 0. The summed E-state index contributed by atoms with van der Waals surface area (Å²) in [5, 5.41) is 3.84. The maximum atomic E-state index is 12.8. The van der Waals surface area contributed by atoms with Crippen LogP contribution in [-0.2, 0) is 11.3 Å². The number of para-hydroxylation sites is 1. The molecule has 156 valence electrons. The number of aryl methyl sites for hydroxylation is 1. The summed E-state index contributed by atoms with van der Waals surface area (Å²) in [6.45, 7) is 3.59. The van der Waals surface area contributed by atoms with Gasteiger partial charge in [-0.1, -0.05) is 24.3 Å². The lowest BCUT2D eigenvalue weighted by Gasteiger charge is -2.15. The average Bonchev–Trinajstić information content (AvgIpc) is 3.29. The smallest absolute Gasteiger partial charge is 0.252 e. The fourth-order valence-corrected chi connectivity index (χ4v) is 3.67. The molecule has 1 unspecified atom stereocenters. The number of hydrogen-bond acceptors (Lipinski definition) is 5. The number of amides is 1. The van der Waals surface area contributed by atoms with Crippen LogP contribution in [0, 0.1) is 6.92 Å². The van der Waals surface area contributed by atoms with Crippen molar-refractivity contribution in [1.29, 1.82) is 0 Å². The maximum Gasteiger partial charge on any atom is 0.252 e.